The summed E-state index contributed by atoms with van der Waals surface area (Å²) in [6.07, 6.45) is 1.81. The number of nitrogens with one attached hydrogen (secondary N) is 1. The van der Waals surface area contributed by atoms with Crippen LogP contribution >= 0.6 is 15.9 Å². The number of halogens is 1. The van der Waals surface area contributed by atoms with Crippen LogP contribution in [-0.2, 0) is 17.8 Å². The van der Waals surface area contributed by atoms with E-state index < -0.39 is 4.92 Å². The number of aromatic nitrogens is 2. The van der Waals surface area contributed by atoms with Crippen molar-refractivity contribution >= 4 is 27.7 Å². The standard InChI is InChI=1S/C15H15BrN4O3/c1-9-14(16)15(20(22)23)18-19(9)8-13(21)17-12-7-6-10-4-2-3-5-11(10)12/h2-5,12H,6-8H2,1H3,(H,17,21). The van der Waals surface area contributed by atoms with Crippen molar-refractivity contribution in [2.24, 2.45) is 0 Å². The number of hydrogen-bond donors (Lipinski definition) is 1. The van der Waals surface area contributed by atoms with Crippen LogP contribution in [0.3, 0.4) is 0 Å². The van der Waals surface area contributed by atoms with Crippen LogP contribution in [0.2, 0.25) is 0 Å². The van der Waals surface area contributed by atoms with Crippen molar-refractivity contribution in [2.75, 3.05) is 0 Å². The SMILES string of the molecule is Cc1c(Br)c([N+](=O)[O-])nn1CC(=O)NC1CCc2ccccc21. The molecule has 1 unspecified atom stereocenters. The molecule has 1 aliphatic carbocycles. The van der Waals surface area contributed by atoms with Crippen molar-refractivity contribution in [2.45, 2.75) is 32.4 Å². The summed E-state index contributed by atoms with van der Waals surface area (Å²) in [5, 5.41) is 17.7. The van der Waals surface area contributed by atoms with E-state index >= 15 is 0 Å². The fourth-order valence-electron chi connectivity index (χ4n) is 2.86. The predicted molar refractivity (Wildman–Crippen MR) is 87.0 cm³/mol. The molecule has 1 aliphatic rings. The zero-order valence-electron chi connectivity index (χ0n) is 12.5. The van der Waals surface area contributed by atoms with Gasteiger partial charge in [-0.25, -0.2) is 0 Å². The van der Waals surface area contributed by atoms with Gasteiger partial charge >= 0.3 is 5.82 Å². The molecule has 0 saturated heterocycles. The summed E-state index contributed by atoms with van der Waals surface area (Å²) in [6.45, 7) is 1.64. The number of nitro groups is 1. The van der Waals surface area contributed by atoms with Gasteiger partial charge < -0.3 is 15.4 Å². The van der Waals surface area contributed by atoms with E-state index in [1.807, 2.05) is 18.2 Å². The zero-order chi connectivity index (χ0) is 16.6. The number of carbonyl (C=O) groups is 1. The molecule has 1 amide bonds. The van der Waals surface area contributed by atoms with Gasteiger partial charge in [0.15, 0.2) is 0 Å². The third-order valence-corrected chi connectivity index (χ3v) is 4.98. The second-order valence-corrected chi connectivity index (χ2v) is 6.29. The number of amides is 1. The van der Waals surface area contributed by atoms with Crippen molar-refractivity contribution in [3.63, 3.8) is 0 Å². The topological polar surface area (TPSA) is 90.1 Å². The van der Waals surface area contributed by atoms with Gasteiger partial charge in [0.1, 0.15) is 11.0 Å². The molecule has 1 heterocycles. The highest BCUT2D eigenvalue weighted by atomic mass is 79.9. The van der Waals surface area contributed by atoms with Gasteiger partial charge in [-0.15, -0.1) is 0 Å². The Hall–Kier alpha value is -2.22. The molecule has 3 rings (SSSR count). The van der Waals surface area contributed by atoms with Gasteiger partial charge in [-0.2, -0.15) is 4.68 Å². The van der Waals surface area contributed by atoms with Crippen molar-refractivity contribution in [1.29, 1.82) is 0 Å². The van der Waals surface area contributed by atoms with Crippen LogP contribution in [0.1, 0.15) is 29.3 Å². The molecule has 8 heteroatoms. The molecule has 1 N–H and O–H groups in total. The minimum absolute atomic E-state index is 0.00649. The van der Waals surface area contributed by atoms with Crippen molar-refractivity contribution < 1.29 is 9.72 Å². The minimum atomic E-state index is -0.571. The van der Waals surface area contributed by atoms with Gasteiger partial charge in [0, 0.05) is 0 Å². The first-order valence-corrected chi connectivity index (χ1v) is 8.01. The van der Waals surface area contributed by atoms with E-state index in [0.717, 1.165) is 18.4 Å². The average Bonchev–Trinajstić information content (AvgIpc) is 3.04. The maximum Gasteiger partial charge on any atom is 0.404 e. The van der Waals surface area contributed by atoms with Crippen LogP contribution in [0.25, 0.3) is 0 Å². The molecule has 1 aromatic carbocycles. The van der Waals surface area contributed by atoms with Crippen LogP contribution in [0.5, 0.6) is 0 Å². The first-order valence-electron chi connectivity index (χ1n) is 7.22. The highest BCUT2D eigenvalue weighted by Crippen LogP contribution is 2.31. The van der Waals surface area contributed by atoms with Crippen LogP contribution in [0, 0.1) is 17.0 Å². The molecule has 1 aromatic heterocycles. The lowest BCUT2D eigenvalue weighted by molar-refractivity contribution is -0.390. The van der Waals surface area contributed by atoms with E-state index in [-0.39, 0.29) is 24.3 Å². The fraction of sp³-hybridized carbons (Fsp3) is 0.333. The number of fused-ring (bicyclic) bond motifs is 1. The third-order valence-electron chi connectivity index (χ3n) is 4.05. The molecule has 0 spiro atoms. The molecule has 0 saturated carbocycles. The summed E-state index contributed by atoms with van der Waals surface area (Å²) < 4.78 is 1.65. The Labute approximate surface area is 141 Å². The van der Waals surface area contributed by atoms with Crippen LogP contribution in [0.15, 0.2) is 28.7 Å². The summed E-state index contributed by atoms with van der Waals surface area (Å²) in [6, 6.07) is 8.04. The number of benzene rings is 1. The number of rotatable bonds is 4. The van der Waals surface area contributed by atoms with E-state index in [4.69, 9.17) is 0 Å². The molecular formula is C15H15BrN4O3. The Morgan fingerprint density at radius 3 is 2.96 bits per heavy atom. The molecule has 120 valence electrons. The molecule has 7 nitrogen and oxygen atoms in total. The summed E-state index contributed by atoms with van der Waals surface area (Å²) in [7, 11) is 0. The fourth-order valence-corrected chi connectivity index (χ4v) is 3.29. The minimum Gasteiger partial charge on any atom is -0.358 e. The first-order chi connectivity index (χ1) is 11.0. The average molecular weight is 379 g/mol. The van der Waals surface area contributed by atoms with Gasteiger partial charge in [0.2, 0.25) is 5.91 Å². The second-order valence-electron chi connectivity index (χ2n) is 5.50. The van der Waals surface area contributed by atoms with Gasteiger partial charge in [0.05, 0.1) is 16.8 Å². The second kappa shape index (κ2) is 6.11. The van der Waals surface area contributed by atoms with E-state index in [2.05, 4.69) is 32.4 Å². The summed E-state index contributed by atoms with van der Waals surface area (Å²) in [5.74, 6) is -0.485. The quantitative estimate of drug-likeness (QED) is 0.653. The molecule has 1 atom stereocenters. The monoisotopic (exact) mass is 378 g/mol. The third kappa shape index (κ3) is 2.98. The molecular weight excluding hydrogens is 364 g/mol. The van der Waals surface area contributed by atoms with Crippen molar-refractivity contribution in [3.05, 3.63) is 55.7 Å². The van der Waals surface area contributed by atoms with Crippen LogP contribution in [0.4, 0.5) is 5.82 Å². The Bertz CT molecular complexity index is 787. The molecule has 0 aliphatic heterocycles. The number of hydrogen-bond acceptors (Lipinski definition) is 4. The van der Waals surface area contributed by atoms with Crippen molar-refractivity contribution in [1.82, 2.24) is 15.1 Å². The van der Waals surface area contributed by atoms with E-state index in [1.165, 1.54) is 10.2 Å². The highest BCUT2D eigenvalue weighted by Gasteiger charge is 2.27. The molecule has 23 heavy (non-hydrogen) atoms. The Balaban J connectivity index is 1.72. The highest BCUT2D eigenvalue weighted by molar-refractivity contribution is 9.10. The first kappa shape index (κ1) is 15.7. The zero-order valence-corrected chi connectivity index (χ0v) is 14.0. The van der Waals surface area contributed by atoms with Crippen molar-refractivity contribution in [3.8, 4) is 0 Å². The lowest BCUT2D eigenvalue weighted by atomic mass is 10.1. The van der Waals surface area contributed by atoms with Gasteiger partial charge in [-0.1, -0.05) is 24.3 Å². The summed E-state index contributed by atoms with van der Waals surface area (Å²) in [5.41, 5.74) is 2.95. The number of nitrogens with zero attached hydrogens (tertiary/aromatic N) is 3. The largest absolute Gasteiger partial charge is 0.404 e. The maximum absolute atomic E-state index is 12.3. The molecule has 0 fully saturated rings. The Kier molecular flexibility index (Phi) is 4.16. The summed E-state index contributed by atoms with van der Waals surface area (Å²) in [4.78, 5) is 22.6. The molecule has 0 radical (unpaired) electrons. The smallest absolute Gasteiger partial charge is 0.358 e. The lowest BCUT2D eigenvalue weighted by Gasteiger charge is -2.13. The van der Waals surface area contributed by atoms with Gasteiger partial charge in [-0.3, -0.25) is 4.79 Å². The Morgan fingerprint density at radius 1 is 1.52 bits per heavy atom. The maximum atomic E-state index is 12.3. The number of aryl methyl sites for hydroxylation is 1. The van der Waals surface area contributed by atoms with Gasteiger partial charge in [-0.05, 0) is 51.7 Å². The van der Waals surface area contributed by atoms with Gasteiger partial charge in [0.25, 0.3) is 0 Å². The summed E-state index contributed by atoms with van der Waals surface area (Å²) >= 11 is 3.14. The van der Waals surface area contributed by atoms with E-state index in [1.54, 1.807) is 6.92 Å². The van der Waals surface area contributed by atoms with Crippen LogP contribution < -0.4 is 5.32 Å². The predicted octanol–water partition coefficient (Wildman–Crippen LogP) is 2.67. The number of carbonyl (C=O) groups excluding carboxylic acids is 1. The van der Waals surface area contributed by atoms with E-state index in [9.17, 15) is 14.9 Å². The van der Waals surface area contributed by atoms with Crippen LogP contribution in [-0.4, -0.2) is 20.6 Å². The normalized spacial score (nSPS) is 16.2. The van der Waals surface area contributed by atoms with E-state index in [0.29, 0.717) is 10.2 Å². The Morgan fingerprint density at radius 2 is 2.26 bits per heavy atom. The lowest BCUT2D eigenvalue weighted by Crippen LogP contribution is -2.31. The molecule has 0 bridgehead atoms. The molecule has 2 aromatic rings.